The van der Waals surface area contributed by atoms with Gasteiger partial charge in [0.2, 0.25) is 11.2 Å². The number of carbonyl (C=O) groups is 2. The Kier molecular flexibility index (Phi) is 6.57. The number of ether oxygens (including phenoxy) is 4. The van der Waals surface area contributed by atoms with Crippen LogP contribution in [0.5, 0.6) is 0 Å². The summed E-state index contributed by atoms with van der Waals surface area (Å²) in [6, 6.07) is 0. The van der Waals surface area contributed by atoms with E-state index in [9.17, 15) is 14.7 Å². The molecule has 25 heavy (non-hydrogen) atoms. The van der Waals surface area contributed by atoms with E-state index in [2.05, 4.69) is 4.84 Å². The van der Waals surface area contributed by atoms with Gasteiger partial charge in [0.15, 0.2) is 0 Å². The van der Waals surface area contributed by atoms with Crippen LogP contribution in [-0.4, -0.2) is 65.9 Å². The van der Waals surface area contributed by atoms with Crippen LogP contribution < -0.4 is 5.90 Å². The van der Waals surface area contributed by atoms with Crippen LogP contribution in [0.1, 0.15) is 41.5 Å². The molecule has 0 aromatic rings. The van der Waals surface area contributed by atoms with Crippen molar-refractivity contribution in [3.8, 4) is 0 Å². The smallest absolute Gasteiger partial charge is 0.346 e. The Bertz CT molecular complexity index is 478. The third-order valence-electron chi connectivity index (χ3n) is 3.13. The summed E-state index contributed by atoms with van der Waals surface area (Å²) in [5.74, 6) is 3.95. The van der Waals surface area contributed by atoms with Gasteiger partial charge in [-0.2, -0.15) is 0 Å². The molecule has 0 aromatic heterocycles. The van der Waals surface area contributed by atoms with Crippen molar-refractivity contribution in [2.45, 2.75) is 63.9 Å². The number of hydrogen-bond donors (Lipinski definition) is 2. The molecule has 0 aliphatic carbocycles. The van der Waals surface area contributed by atoms with Gasteiger partial charge >= 0.3 is 11.9 Å². The van der Waals surface area contributed by atoms with E-state index in [4.69, 9.17) is 24.8 Å². The van der Waals surface area contributed by atoms with Gasteiger partial charge in [-0.3, -0.25) is 4.84 Å². The highest BCUT2D eigenvalue weighted by atomic mass is 16.7. The number of rotatable bonds is 3. The van der Waals surface area contributed by atoms with Gasteiger partial charge in [-0.15, -0.1) is 0 Å². The van der Waals surface area contributed by atoms with E-state index in [1.165, 1.54) is 0 Å². The van der Waals surface area contributed by atoms with Crippen LogP contribution in [-0.2, 0) is 33.4 Å². The maximum atomic E-state index is 11.5. The lowest BCUT2D eigenvalue weighted by atomic mass is 10.0. The van der Waals surface area contributed by atoms with Crippen LogP contribution in [0.15, 0.2) is 0 Å². The average molecular weight is 363 g/mol. The Balaban J connectivity index is 0.000000251. The van der Waals surface area contributed by atoms with Crippen LogP contribution in [0.3, 0.4) is 0 Å². The molecule has 2 aliphatic heterocycles. The highest BCUT2D eigenvalue weighted by Gasteiger charge is 2.50. The van der Waals surface area contributed by atoms with Crippen molar-refractivity contribution in [3.63, 3.8) is 0 Å². The van der Waals surface area contributed by atoms with Crippen molar-refractivity contribution in [2.24, 2.45) is 5.90 Å². The zero-order valence-corrected chi connectivity index (χ0v) is 15.7. The average Bonchev–Trinajstić information content (AvgIpc) is 2.31. The lowest BCUT2D eigenvalue weighted by molar-refractivity contribution is -0.237. The van der Waals surface area contributed by atoms with Gasteiger partial charge < -0.3 is 24.1 Å². The summed E-state index contributed by atoms with van der Waals surface area (Å²) in [5, 5.41) is 9.44. The van der Waals surface area contributed by atoms with Gasteiger partial charge in [0.1, 0.15) is 11.2 Å². The molecule has 0 aromatic carbocycles. The molecule has 9 nitrogen and oxygen atoms in total. The van der Waals surface area contributed by atoms with Gasteiger partial charge in [0.05, 0.1) is 26.4 Å². The largest absolute Gasteiger partial charge is 0.458 e. The number of carbonyl (C=O) groups excluding carboxylic acids is 2. The van der Waals surface area contributed by atoms with Crippen LogP contribution in [0.25, 0.3) is 0 Å². The predicted molar refractivity (Wildman–Crippen MR) is 86.3 cm³/mol. The SMILES string of the molecule is CC(C)(C)OC(=O)C1(O)COC1.CC(C)(C)OC(=O)C1(ON)COC1. The monoisotopic (exact) mass is 363 g/mol. The first kappa shape index (κ1) is 21.8. The Morgan fingerprint density at radius 2 is 1.28 bits per heavy atom. The van der Waals surface area contributed by atoms with Crippen molar-refractivity contribution in [2.75, 3.05) is 26.4 Å². The number of esters is 2. The molecule has 0 unspecified atom stereocenters. The fourth-order valence-electron chi connectivity index (χ4n) is 1.68. The molecular weight excluding hydrogens is 334 g/mol. The lowest BCUT2D eigenvalue weighted by Gasteiger charge is -2.38. The lowest BCUT2D eigenvalue weighted by Crippen LogP contribution is -2.61. The van der Waals surface area contributed by atoms with Gasteiger partial charge in [0.25, 0.3) is 0 Å². The highest BCUT2D eigenvalue weighted by molar-refractivity contribution is 5.81. The molecule has 2 rings (SSSR count). The van der Waals surface area contributed by atoms with Crippen molar-refractivity contribution in [3.05, 3.63) is 0 Å². The van der Waals surface area contributed by atoms with Crippen molar-refractivity contribution < 1.29 is 38.5 Å². The molecule has 0 saturated carbocycles. The topological polar surface area (TPSA) is 127 Å². The molecule has 0 bridgehead atoms. The van der Waals surface area contributed by atoms with E-state index < -0.39 is 34.3 Å². The minimum absolute atomic E-state index is 0.0436. The summed E-state index contributed by atoms with van der Waals surface area (Å²) >= 11 is 0. The van der Waals surface area contributed by atoms with Gasteiger partial charge in [0, 0.05) is 0 Å². The second-order valence-electron chi connectivity index (χ2n) is 8.13. The maximum Gasteiger partial charge on any atom is 0.346 e. The molecule has 2 aliphatic rings. The van der Waals surface area contributed by atoms with Crippen LogP contribution in [0, 0.1) is 0 Å². The van der Waals surface area contributed by atoms with E-state index >= 15 is 0 Å². The normalized spacial score (nSPS) is 21.0. The summed E-state index contributed by atoms with van der Waals surface area (Å²) in [6.07, 6.45) is 0. The first-order valence-electron chi connectivity index (χ1n) is 7.96. The van der Waals surface area contributed by atoms with Gasteiger partial charge in [-0.1, -0.05) is 0 Å². The zero-order valence-electron chi connectivity index (χ0n) is 15.7. The highest BCUT2D eigenvalue weighted by Crippen LogP contribution is 2.24. The quantitative estimate of drug-likeness (QED) is 0.529. The molecule has 0 spiro atoms. The Morgan fingerprint density at radius 1 is 0.880 bits per heavy atom. The van der Waals surface area contributed by atoms with E-state index in [0.29, 0.717) is 0 Å². The van der Waals surface area contributed by atoms with Gasteiger partial charge in [-0.25, -0.2) is 15.5 Å². The van der Waals surface area contributed by atoms with Crippen molar-refractivity contribution in [1.82, 2.24) is 0 Å². The predicted octanol–water partition coefficient (Wildman–Crippen LogP) is 0.0768. The van der Waals surface area contributed by atoms with E-state index in [1.54, 1.807) is 41.5 Å². The molecule has 146 valence electrons. The molecule has 2 fully saturated rings. The zero-order chi connectivity index (χ0) is 19.5. The van der Waals surface area contributed by atoms with Crippen molar-refractivity contribution >= 4 is 11.9 Å². The van der Waals surface area contributed by atoms with Crippen LogP contribution in [0.4, 0.5) is 0 Å². The van der Waals surface area contributed by atoms with Crippen LogP contribution >= 0.6 is 0 Å². The molecule has 0 atom stereocenters. The fraction of sp³-hybridized carbons (Fsp3) is 0.875. The number of aliphatic hydroxyl groups is 1. The second kappa shape index (κ2) is 7.55. The van der Waals surface area contributed by atoms with E-state index in [0.717, 1.165) is 0 Å². The summed E-state index contributed by atoms with van der Waals surface area (Å²) in [5.41, 5.74) is -3.55. The molecule has 0 radical (unpaired) electrons. The number of hydrogen-bond acceptors (Lipinski definition) is 9. The molecule has 2 saturated heterocycles. The summed E-state index contributed by atoms with van der Waals surface area (Å²) in [4.78, 5) is 27.3. The second-order valence-corrected chi connectivity index (χ2v) is 8.13. The molecular formula is C16H29NO8. The third kappa shape index (κ3) is 6.19. The first-order chi connectivity index (χ1) is 11.2. The third-order valence-corrected chi connectivity index (χ3v) is 3.13. The first-order valence-corrected chi connectivity index (χ1v) is 7.96. The molecule has 3 N–H and O–H groups in total. The Labute approximate surface area is 147 Å². The maximum absolute atomic E-state index is 11.5. The van der Waals surface area contributed by atoms with Crippen LogP contribution in [0.2, 0.25) is 0 Å². The fourth-order valence-corrected chi connectivity index (χ4v) is 1.68. The van der Waals surface area contributed by atoms with Crippen molar-refractivity contribution in [1.29, 1.82) is 0 Å². The van der Waals surface area contributed by atoms with Gasteiger partial charge in [-0.05, 0) is 41.5 Å². The summed E-state index contributed by atoms with van der Waals surface area (Å²) < 4.78 is 19.7. The summed E-state index contributed by atoms with van der Waals surface area (Å²) in [6.45, 7) is 11.0. The Morgan fingerprint density at radius 3 is 1.52 bits per heavy atom. The summed E-state index contributed by atoms with van der Waals surface area (Å²) in [7, 11) is 0. The van der Waals surface area contributed by atoms with E-state index in [1.807, 2.05) is 0 Å². The standard InChI is InChI=1S/C8H15NO4.C8H14O4/c1-7(2,3)12-6(10)8(13-9)4-11-5-8;1-7(2,3)12-6(9)8(10)4-11-5-8/h4-5,9H2,1-3H3;10H,4-5H2,1-3H3. The van der Waals surface area contributed by atoms with E-state index in [-0.39, 0.29) is 26.4 Å². The number of nitrogens with two attached hydrogens (primary N) is 1. The minimum atomic E-state index is -1.40. The Hall–Kier alpha value is -1.26. The molecule has 9 heteroatoms. The molecule has 2 heterocycles. The minimum Gasteiger partial charge on any atom is -0.458 e. The molecule has 0 amide bonds.